The fourth-order valence-electron chi connectivity index (χ4n) is 3.90. The molecule has 160 valence electrons. The fraction of sp³-hybridized carbons (Fsp3) is 0.240. The van der Waals surface area contributed by atoms with Crippen molar-refractivity contribution in [3.8, 4) is 11.5 Å². The SMILES string of the molecule is COc1ccc(CCC2=N[C@@H](c3cccc(F)c3)[C@@H](c3cccc(F)c3)N2)cc1OC. The van der Waals surface area contributed by atoms with Gasteiger partial charge in [0.25, 0.3) is 0 Å². The third-order valence-electron chi connectivity index (χ3n) is 5.43. The molecule has 1 aliphatic heterocycles. The number of amidine groups is 1. The van der Waals surface area contributed by atoms with E-state index in [0.29, 0.717) is 17.9 Å². The number of aryl methyl sites for hydroxylation is 1. The smallest absolute Gasteiger partial charge is 0.160 e. The minimum atomic E-state index is -0.335. The molecule has 0 spiro atoms. The molecule has 4 nitrogen and oxygen atoms in total. The number of aliphatic imine (C=N–C) groups is 1. The van der Waals surface area contributed by atoms with Crippen molar-refractivity contribution in [3.63, 3.8) is 0 Å². The number of hydrogen-bond donors (Lipinski definition) is 1. The van der Waals surface area contributed by atoms with Crippen molar-refractivity contribution in [2.75, 3.05) is 14.2 Å². The van der Waals surface area contributed by atoms with Crippen molar-refractivity contribution in [1.82, 2.24) is 5.32 Å². The number of rotatable bonds is 7. The van der Waals surface area contributed by atoms with Crippen LogP contribution in [-0.4, -0.2) is 20.1 Å². The second-order valence-corrected chi connectivity index (χ2v) is 7.44. The zero-order chi connectivity index (χ0) is 21.8. The first-order valence-electron chi connectivity index (χ1n) is 10.1. The van der Waals surface area contributed by atoms with E-state index in [9.17, 15) is 8.78 Å². The van der Waals surface area contributed by atoms with Gasteiger partial charge in [-0.3, -0.25) is 4.99 Å². The largest absolute Gasteiger partial charge is 0.493 e. The van der Waals surface area contributed by atoms with Gasteiger partial charge in [-0.2, -0.15) is 0 Å². The highest BCUT2D eigenvalue weighted by atomic mass is 19.1. The van der Waals surface area contributed by atoms with E-state index in [0.717, 1.165) is 28.9 Å². The van der Waals surface area contributed by atoms with Crippen molar-refractivity contribution in [2.24, 2.45) is 4.99 Å². The lowest BCUT2D eigenvalue weighted by Crippen LogP contribution is -2.24. The van der Waals surface area contributed by atoms with Crippen LogP contribution in [0.4, 0.5) is 8.78 Å². The molecule has 0 aromatic heterocycles. The van der Waals surface area contributed by atoms with Crippen LogP contribution in [0.3, 0.4) is 0 Å². The number of nitrogens with zero attached hydrogens (tertiary/aromatic N) is 1. The molecule has 0 radical (unpaired) electrons. The summed E-state index contributed by atoms with van der Waals surface area (Å²) in [5.41, 5.74) is 2.61. The Hall–Kier alpha value is -3.41. The standard InChI is InChI=1S/C25H24F2N2O2/c1-30-21-11-9-16(13-22(21)31-2)10-12-23-28-24(17-5-3-7-19(26)14-17)25(29-23)18-6-4-8-20(27)15-18/h3-9,11,13-15,24-25H,10,12H2,1-2H3,(H,28,29)/t24-,25+. The van der Waals surface area contributed by atoms with Gasteiger partial charge in [0, 0.05) is 6.42 Å². The van der Waals surface area contributed by atoms with Gasteiger partial charge in [-0.05, 0) is 59.5 Å². The van der Waals surface area contributed by atoms with E-state index < -0.39 is 0 Å². The van der Waals surface area contributed by atoms with Crippen LogP contribution in [-0.2, 0) is 6.42 Å². The van der Waals surface area contributed by atoms with Gasteiger partial charge in [0.05, 0.1) is 26.1 Å². The number of ether oxygens (including phenoxy) is 2. The first-order chi connectivity index (χ1) is 15.1. The second kappa shape index (κ2) is 9.16. The summed E-state index contributed by atoms with van der Waals surface area (Å²) in [5, 5.41) is 3.43. The predicted octanol–water partition coefficient (Wildman–Crippen LogP) is 5.40. The first kappa shape index (κ1) is 20.8. The van der Waals surface area contributed by atoms with Crippen LogP contribution in [0.2, 0.25) is 0 Å². The van der Waals surface area contributed by atoms with E-state index in [1.54, 1.807) is 26.4 Å². The normalized spacial score (nSPS) is 17.7. The average Bonchev–Trinajstić information content (AvgIpc) is 3.22. The van der Waals surface area contributed by atoms with Crippen LogP contribution in [0.25, 0.3) is 0 Å². The molecule has 0 saturated carbocycles. The van der Waals surface area contributed by atoms with Gasteiger partial charge in [0.15, 0.2) is 11.5 Å². The zero-order valence-electron chi connectivity index (χ0n) is 17.4. The van der Waals surface area contributed by atoms with E-state index in [1.165, 1.54) is 24.3 Å². The molecule has 1 heterocycles. The van der Waals surface area contributed by atoms with Gasteiger partial charge in [-0.25, -0.2) is 8.78 Å². The highest BCUT2D eigenvalue weighted by Gasteiger charge is 2.31. The van der Waals surface area contributed by atoms with Crippen molar-refractivity contribution in [2.45, 2.75) is 24.9 Å². The second-order valence-electron chi connectivity index (χ2n) is 7.44. The topological polar surface area (TPSA) is 42.8 Å². The predicted molar refractivity (Wildman–Crippen MR) is 117 cm³/mol. The van der Waals surface area contributed by atoms with Crippen molar-refractivity contribution >= 4 is 5.84 Å². The summed E-state index contributed by atoms with van der Waals surface area (Å²) in [6.45, 7) is 0. The molecular weight excluding hydrogens is 398 g/mol. The molecule has 0 aliphatic carbocycles. The van der Waals surface area contributed by atoms with Crippen LogP contribution in [0.1, 0.15) is 35.2 Å². The molecule has 0 amide bonds. The van der Waals surface area contributed by atoms with Gasteiger partial charge in [0.2, 0.25) is 0 Å². The highest BCUT2D eigenvalue weighted by Crippen LogP contribution is 2.37. The number of benzene rings is 3. The molecule has 0 saturated heterocycles. The lowest BCUT2D eigenvalue weighted by molar-refractivity contribution is 0.354. The van der Waals surface area contributed by atoms with Crippen LogP contribution in [0, 0.1) is 11.6 Å². The Kier molecular flexibility index (Phi) is 6.16. The van der Waals surface area contributed by atoms with Crippen LogP contribution in [0.15, 0.2) is 71.7 Å². The summed E-state index contributed by atoms with van der Waals surface area (Å²) in [6.07, 6.45) is 1.39. The van der Waals surface area contributed by atoms with E-state index in [1.807, 2.05) is 30.3 Å². The van der Waals surface area contributed by atoms with Crippen molar-refractivity contribution in [1.29, 1.82) is 0 Å². The Morgan fingerprint density at radius 2 is 1.48 bits per heavy atom. The minimum absolute atomic E-state index is 0.266. The number of halogens is 2. The van der Waals surface area contributed by atoms with Crippen LogP contribution < -0.4 is 14.8 Å². The molecule has 0 bridgehead atoms. The lowest BCUT2D eigenvalue weighted by Gasteiger charge is -2.20. The van der Waals surface area contributed by atoms with E-state index >= 15 is 0 Å². The third-order valence-corrected chi connectivity index (χ3v) is 5.43. The fourth-order valence-corrected chi connectivity index (χ4v) is 3.90. The summed E-state index contributed by atoms with van der Waals surface area (Å²) in [7, 11) is 3.21. The molecule has 1 aliphatic rings. The Bertz CT molecular complexity index is 1100. The van der Waals surface area contributed by atoms with Gasteiger partial charge >= 0.3 is 0 Å². The maximum Gasteiger partial charge on any atom is 0.160 e. The molecule has 31 heavy (non-hydrogen) atoms. The summed E-state index contributed by atoms with van der Waals surface area (Å²) in [4.78, 5) is 4.84. The molecule has 2 atom stereocenters. The molecule has 3 aromatic rings. The van der Waals surface area contributed by atoms with Crippen LogP contribution >= 0.6 is 0 Å². The maximum absolute atomic E-state index is 13.9. The third kappa shape index (κ3) is 4.68. The summed E-state index contributed by atoms with van der Waals surface area (Å²) in [6, 6.07) is 18.1. The number of hydrogen-bond acceptors (Lipinski definition) is 4. The van der Waals surface area contributed by atoms with Crippen LogP contribution in [0.5, 0.6) is 11.5 Å². The maximum atomic E-state index is 13.9. The zero-order valence-corrected chi connectivity index (χ0v) is 17.4. The lowest BCUT2D eigenvalue weighted by atomic mass is 9.95. The van der Waals surface area contributed by atoms with E-state index in [4.69, 9.17) is 14.5 Å². The molecule has 0 fully saturated rings. The summed E-state index contributed by atoms with van der Waals surface area (Å²) >= 11 is 0. The Morgan fingerprint density at radius 3 is 2.16 bits per heavy atom. The number of methoxy groups -OCH3 is 2. The quantitative estimate of drug-likeness (QED) is 0.555. The molecule has 1 N–H and O–H groups in total. The van der Waals surface area contributed by atoms with Gasteiger partial charge in [-0.15, -0.1) is 0 Å². The Labute approximate surface area is 180 Å². The van der Waals surface area contributed by atoms with Crippen molar-refractivity contribution < 1.29 is 18.3 Å². The molecule has 4 rings (SSSR count). The highest BCUT2D eigenvalue weighted by molar-refractivity contribution is 5.85. The minimum Gasteiger partial charge on any atom is -0.493 e. The average molecular weight is 422 g/mol. The molecule has 0 unspecified atom stereocenters. The first-order valence-corrected chi connectivity index (χ1v) is 10.1. The monoisotopic (exact) mass is 422 g/mol. The van der Waals surface area contributed by atoms with Gasteiger partial charge in [0.1, 0.15) is 17.7 Å². The molecular formula is C25H24F2N2O2. The number of nitrogens with one attached hydrogen (secondary N) is 1. The van der Waals surface area contributed by atoms with Crippen molar-refractivity contribution in [3.05, 3.63) is 95.1 Å². The van der Waals surface area contributed by atoms with Gasteiger partial charge < -0.3 is 14.8 Å². The Balaban J connectivity index is 1.57. The summed E-state index contributed by atoms with van der Waals surface area (Å²) in [5.74, 6) is 1.54. The molecule has 3 aromatic carbocycles. The van der Waals surface area contributed by atoms with E-state index in [-0.39, 0.29) is 23.7 Å². The van der Waals surface area contributed by atoms with E-state index in [2.05, 4.69) is 5.32 Å². The Morgan fingerprint density at radius 1 is 0.806 bits per heavy atom. The molecule has 6 heteroatoms. The van der Waals surface area contributed by atoms with Gasteiger partial charge in [-0.1, -0.05) is 30.3 Å². The summed E-state index contributed by atoms with van der Waals surface area (Å²) < 4.78 is 38.4.